The molecule has 2 fully saturated rings. The molecule has 2 saturated heterocycles. The van der Waals surface area contributed by atoms with Gasteiger partial charge in [0.05, 0.1) is 44.8 Å². The highest BCUT2D eigenvalue weighted by molar-refractivity contribution is 7.80. The number of benzene rings is 3. The van der Waals surface area contributed by atoms with Gasteiger partial charge in [0.25, 0.3) is 11.8 Å². The molecule has 3 aromatic carbocycles. The minimum Gasteiger partial charge on any atom is -0.488 e. The molecule has 6 aromatic rings. The third-order valence-corrected chi connectivity index (χ3v) is 17.2. The molecule has 6 amide bonds. The summed E-state index contributed by atoms with van der Waals surface area (Å²) >= 11 is 8.98. The summed E-state index contributed by atoms with van der Waals surface area (Å²) in [5, 5.41) is 21.5. The van der Waals surface area contributed by atoms with Gasteiger partial charge in [-0.3, -0.25) is 28.8 Å². The van der Waals surface area contributed by atoms with Crippen molar-refractivity contribution in [3.8, 4) is 26.6 Å². The number of fused-ring (bicyclic) bond motifs is 1. The SMILES string of the molecule is Cc1ncsc1-c1ccc(CNC(=O)[C@@H]2C[C@@H](Oc3ccc4c(c3)C(=O)N([C@@H](CS)C(=O)N3C[C@H](O)C[C@H]3C(=O)NCc3ccc(-c5scnc5C)cc3)C4)CN2C(=O)[C@@H](NC(=O)CCC(C)C)c2cccs2)cc1. The zero-order chi connectivity index (χ0) is 52.9. The molecule has 16 nitrogen and oxygen atoms in total. The summed E-state index contributed by atoms with van der Waals surface area (Å²) in [4.78, 5) is 100. The zero-order valence-electron chi connectivity index (χ0n) is 42.1. The van der Waals surface area contributed by atoms with Crippen LogP contribution < -0.4 is 20.7 Å². The number of aliphatic hydroxyl groups is 1. The Balaban J connectivity index is 0.873. The number of nitrogens with one attached hydrogen (secondary N) is 3. The van der Waals surface area contributed by atoms with Gasteiger partial charge in [0.1, 0.15) is 36.0 Å². The standard InChI is InChI=1S/C55H60N8O8S4/c1-31(2)7-18-47(65)60-48(46-6-5-19-73-46)55(70)63-27-41(22-44(63)52(67)57-24-35-10-14-37(15-11-35)50-33(4)59-30-75-50)71-40-17-16-38-25-61(53(68)42(38)21-40)45(28-72)54(69)62-26-39(64)20-43(62)51(66)56-23-34-8-12-36(13-9-34)49-32(3)58-29-74-49/h5-6,8-17,19,21,29-31,39,41,43-45,48,64,72H,7,18,20,22-28H2,1-4H3,(H,56,66)(H,57,67)(H,60,65)/t39-,41-,43+,44+,45+,48+/m1/s1. The molecule has 9 rings (SSSR count). The Hall–Kier alpha value is -6.45. The van der Waals surface area contributed by atoms with Crippen molar-refractivity contribution in [3.63, 3.8) is 0 Å². The van der Waals surface area contributed by atoms with Crippen LogP contribution in [0.25, 0.3) is 20.9 Å². The minimum absolute atomic E-state index is 0.0207. The minimum atomic E-state index is -1.04. The smallest absolute Gasteiger partial charge is 0.255 e. The number of thiol groups is 1. The molecule has 3 aliphatic heterocycles. The Morgan fingerprint density at radius 3 is 1.93 bits per heavy atom. The molecule has 0 aliphatic carbocycles. The predicted octanol–water partition coefficient (Wildman–Crippen LogP) is 7.10. The van der Waals surface area contributed by atoms with E-state index in [1.165, 1.54) is 26.0 Å². The molecule has 3 aliphatic rings. The van der Waals surface area contributed by atoms with Gasteiger partial charge in [-0.25, -0.2) is 9.97 Å². The quantitative estimate of drug-likeness (QED) is 0.0521. The van der Waals surface area contributed by atoms with Crippen LogP contribution in [0.5, 0.6) is 5.75 Å². The zero-order valence-corrected chi connectivity index (χ0v) is 45.4. The largest absolute Gasteiger partial charge is 0.488 e. The van der Waals surface area contributed by atoms with Crippen molar-refractivity contribution in [2.75, 3.05) is 18.8 Å². The lowest BCUT2D eigenvalue weighted by molar-refractivity contribution is -0.141. The van der Waals surface area contributed by atoms with E-state index in [4.69, 9.17) is 4.74 Å². The van der Waals surface area contributed by atoms with E-state index in [0.29, 0.717) is 28.2 Å². The van der Waals surface area contributed by atoms with Crippen LogP contribution in [0, 0.1) is 19.8 Å². The fraction of sp³-hybridized carbons (Fsp3) is 0.382. The van der Waals surface area contributed by atoms with Crippen LogP contribution in [0.2, 0.25) is 0 Å². The maximum absolute atomic E-state index is 14.7. The van der Waals surface area contributed by atoms with Crippen LogP contribution in [-0.2, 0) is 43.6 Å². The summed E-state index contributed by atoms with van der Waals surface area (Å²) in [5.74, 6) is -1.84. The normalized spacial score (nSPS) is 19.0. The number of hydrogen-bond donors (Lipinski definition) is 5. The number of aliphatic hydroxyl groups excluding tert-OH is 1. The maximum atomic E-state index is 14.7. The summed E-state index contributed by atoms with van der Waals surface area (Å²) in [6.45, 7) is 8.45. The summed E-state index contributed by atoms with van der Waals surface area (Å²) in [7, 11) is 0. The van der Waals surface area contributed by atoms with E-state index in [1.54, 1.807) is 52.4 Å². The topological polar surface area (TPSA) is 203 Å². The van der Waals surface area contributed by atoms with E-state index >= 15 is 0 Å². The van der Waals surface area contributed by atoms with Gasteiger partial charge in [0.2, 0.25) is 23.6 Å². The molecule has 0 spiro atoms. The molecule has 0 radical (unpaired) electrons. The third kappa shape index (κ3) is 12.2. The molecule has 20 heteroatoms. The lowest BCUT2D eigenvalue weighted by Crippen LogP contribution is -2.54. The Morgan fingerprint density at radius 1 is 0.787 bits per heavy atom. The number of rotatable bonds is 19. The average molecular weight is 1090 g/mol. The maximum Gasteiger partial charge on any atom is 0.255 e. The summed E-state index contributed by atoms with van der Waals surface area (Å²) in [6, 6.07) is 20.4. The number of carbonyl (C=O) groups excluding carboxylic acids is 6. The van der Waals surface area contributed by atoms with E-state index in [2.05, 4.69) is 38.5 Å². The molecule has 75 heavy (non-hydrogen) atoms. The van der Waals surface area contributed by atoms with E-state index in [-0.39, 0.29) is 75.5 Å². The fourth-order valence-corrected chi connectivity index (χ4v) is 12.6. The number of likely N-dealkylation sites (tertiary alicyclic amines) is 2. The summed E-state index contributed by atoms with van der Waals surface area (Å²) in [5.41, 5.74) is 10.3. The highest BCUT2D eigenvalue weighted by Crippen LogP contribution is 2.34. The number of amides is 6. The van der Waals surface area contributed by atoms with Gasteiger partial charge in [-0.15, -0.1) is 34.0 Å². The number of ether oxygens (including phenoxy) is 1. The van der Waals surface area contributed by atoms with Crippen LogP contribution in [0.4, 0.5) is 0 Å². The van der Waals surface area contributed by atoms with Crippen molar-refractivity contribution in [2.24, 2.45) is 5.92 Å². The molecule has 0 saturated carbocycles. The number of thiazole rings is 2. The Labute approximate surface area is 453 Å². The molecular formula is C55H60N8O8S4. The van der Waals surface area contributed by atoms with Gasteiger partial charge in [-0.1, -0.05) is 74.5 Å². The molecule has 0 bridgehead atoms. The molecular weight excluding hydrogens is 1030 g/mol. The van der Waals surface area contributed by atoms with Crippen molar-refractivity contribution in [2.45, 2.75) is 109 Å². The van der Waals surface area contributed by atoms with Crippen molar-refractivity contribution in [3.05, 3.63) is 134 Å². The first kappa shape index (κ1) is 53.4. The average Bonchev–Trinajstić information content (AvgIpc) is 4.30. The number of hydrogen-bond acceptors (Lipinski definition) is 14. The fourth-order valence-electron chi connectivity index (χ4n) is 9.85. The van der Waals surface area contributed by atoms with Gasteiger partial charge in [0.15, 0.2) is 0 Å². The van der Waals surface area contributed by atoms with Gasteiger partial charge in [-0.05, 0) is 77.6 Å². The lowest BCUT2D eigenvalue weighted by Gasteiger charge is -2.32. The molecule has 3 aromatic heterocycles. The molecule has 6 heterocycles. The van der Waals surface area contributed by atoms with E-state index in [0.717, 1.165) is 43.4 Å². The number of aryl methyl sites for hydroxylation is 2. The number of aromatic nitrogens is 2. The Morgan fingerprint density at radius 2 is 1.39 bits per heavy atom. The second-order valence-corrected chi connectivity index (χ2v) is 22.7. The van der Waals surface area contributed by atoms with Crippen LogP contribution in [0.1, 0.15) is 88.9 Å². The van der Waals surface area contributed by atoms with E-state index in [1.807, 2.05) is 93.2 Å². The lowest BCUT2D eigenvalue weighted by atomic mass is 10.1. The highest BCUT2D eigenvalue weighted by atomic mass is 32.1. The van der Waals surface area contributed by atoms with Crippen molar-refractivity contribution in [1.29, 1.82) is 0 Å². The first-order chi connectivity index (χ1) is 36.1. The van der Waals surface area contributed by atoms with Gasteiger partial charge >= 0.3 is 0 Å². The predicted molar refractivity (Wildman–Crippen MR) is 292 cm³/mol. The van der Waals surface area contributed by atoms with Gasteiger partial charge in [0, 0.05) is 61.6 Å². The Bertz CT molecular complexity index is 3030. The number of nitrogens with zero attached hydrogens (tertiary/aromatic N) is 5. The molecule has 392 valence electrons. The van der Waals surface area contributed by atoms with Crippen LogP contribution in [0.15, 0.2) is 95.3 Å². The third-order valence-electron chi connectivity index (χ3n) is 13.9. The van der Waals surface area contributed by atoms with E-state index < -0.39 is 60.0 Å². The molecule has 4 N–H and O–H groups in total. The number of carbonyl (C=O) groups is 6. The van der Waals surface area contributed by atoms with E-state index in [9.17, 15) is 33.9 Å². The summed E-state index contributed by atoms with van der Waals surface area (Å²) in [6.07, 6.45) is -0.548. The van der Waals surface area contributed by atoms with Crippen LogP contribution >= 0.6 is 46.6 Å². The number of β-amino-alcohol motifs (C(OH)–C–C–N with tert-alkyl or cyclic N) is 1. The first-order valence-electron chi connectivity index (χ1n) is 25.0. The first-order valence-corrected chi connectivity index (χ1v) is 28.3. The second kappa shape index (κ2) is 23.6. The summed E-state index contributed by atoms with van der Waals surface area (Å²) < 4.78 is 6.53. The highest BCUT2D eigenvalue weighted by Gasteiger charge is 2.46. The van der Waals surface area contributed by atoms with Crippen molar-refractivity contribution in [1.82, 2.24) is 40.6 Å². The second-order valence-electron chi connectivity index (χ2n) is 19.6. The molecule has 6 atom stereocenters. The van der Waals surface area contributed by atoms with Crippen LogP contribution in [0.3, 0.4) is 0 Å². The van der Waals surface area contributed by atoms with Crippen molar-refractivity contribution >= 4 is 82.1 Å². The van der Waals surface area contributed by atoms with Crippen LogP contribution in [-0.4, -0.2) is 114 Å². The van der Waals surface area contributed by atoms with Crippen molar-refractivity contribution < 1.29 is 38.6 Å². The van der Waals surface area contributed by atoms with Gasteiger partial charge in [-0.2, -0.15) is 12.6 Å². The monoisotopic (exact) mass is 1090 g/mol. The Kier molecular flexibility index (Phi) is 16.8. The number of thiophene rings is 1. The van der Waals surface area contributed by atoms with Gasteiger partial charge < -0.3 is 40.5 Å². The molecule has 0 unspecified atom stereocenters.